The van der Waals surface area contributed by atoms with E-state index in [9.17, 15) is 5.11 Å². The number of phenols is 1. The number of ether oxygens (including phenoxy) is 1. The number of aromatic nitrogens is 2. The van der Waals surface area contributed by atoms with E-state index in [2.05, 4.69) is 22.6 Å². The van der Waals surface area contributed by atoms with Crippen LogP contribution in [0.3, 0.4) is 0 Å². The van der Waals surface area contributed by atoms with Crippen molar-refractivity contribution >= 4 is 22.9 Å². The lowest BCUT2D eigenvalue weighted by molar-refractivity contribution is 0.372. The molecule has 0 fully saturated rings. The molecule has 36 heavy (non-hydrogen) atoms. The van der Waals surface area contributed by atoms with E-state index < -0.39 is 6.04 Å². The van der Waals surface area contributed by atoms with E-state index in [0.29, 0.717) is 29.1 Å². The summed E-state index contributed by atoms with van der Waals surface area (Å²) in [6.07, 6.45) is 0. The third kappa shape index (κ3) is 4.55. The zero-order chi connectivity index (χ0) is 25.2. The van der Waals surface area contributed by atoms with Gasteiger partial charge in [-0.1, -0.05) is 71.4 Å². The molecule has 0 bridgehead atoms. The standard InChI is InChI=1S/C28H26N4O3S/c1-17-9-11-20(12-10-17)26-30-27(35-31-26)24-18(2)32(16-19-7-5-4-6-8-19)28(36)29-25(24)21-13-14-23(34-3)22(33)15-21/h4-15,25,33H,16H2,1-3H3,(H,29,36). The van der Waals surface area contributed by atoms with E-state index in [1.165, 1.54) is 7.11 Å². The number of thiocarbonyl (C=S) groups is 1. The van der Waals surface area contributed by atoms with Crippen molar-refractivity contribution in [2.75, 3.05) is 7.11 Å². The third-order valence-electron chi connectivity index (χ3n) is 6.28. The molecule has 0 saturated carbocycles. The fourth-order valence-corrected chi connectivity index (χ4v) is 4.62. The Kier molecular flexibility index (Phi) is 6.43. The summed E-state index contributed by atoms with van der Waals surface area (Å²) >= 11 is 5.79. The first-order chi connectivity index (χ1) is 17.4. The van der Waals surface area contributed by atoms with Crippen molar-refractivity contribution in [1.82, 2.24) is 20.4 Å². The zero-order valence-corrected chi connectivity index (χ0v) is 21.0. The van der Waals surface area contributed by atoms with Crippen LogP contribution in [-0.2, 0) is 6.54 Å². The van der Waals surface area contributed by atoms with E-state index in [1.807, 2.05) is 67.3 Å². The van der Waals surface area contributed by atoms with Crippen molar-refractivity contribution in [1.29, 1.82) is 0 Å². The first kappa shape index (κ1) is 23.6. The Morgan fingerprint density at radius 3 is 2.50 bits per heavy atom. The highest BCUT2D eigenvalue weighted by molar-refractivity contribution is 7.80. The molecule has 0 saturated heterocycles. The predicted octanol–water partition coefficient (Wildman–Crippen LogP) is 5.62. The highest BCUT2D eigenvalue weighted by Gasteiger charge is 2.34. The molecule has 2 N–H and O–H groups in total. The smallest absolute Gasteiger partial charge is 0.258 e. The van der Waals surface area contributed by atoms with Gasteiger partial charge in [-0.2, -0.15) is 4.98 Å². The zero-order valence-electron chi connectivity index (χ0n) is 20.2. The Morgan fingerprint density at radius 1 is 1.06 bits per heavy atom. The number of nitrogens with zero attached hydrogens (tertiary/aromatic N) is 3. The topological polar surface area (TPSA) is 83.7 Å². The molecule has 1 aromatic heterocycles. The highest BCUT2D eigenvalue weighted by atomic mass is 32.1. The van der Waals surface area contributed by atoms with Gasteiger partial charge in [-0.3, -0.25) is 0 Å². The molecule has 1 atom stereocenters. The second kappa shape index (κ2) is 9.83. The maximum Gasteiger partial charge on any atom is 0.258 e. The van der Waals surface area contributed by atoms with Crippen LogP contribution in [0.5, 0.6) is 11.5 Å². The Bertz CT molecular complexity index is 1430. The summed E-state index contributed by atoms with van der Waals surface area (Å²) < 4.78 is 11.0. The number of methoxy groups -OCH3 is 1. The van der Waals surface area contributed by atoms with Crippen molar-refractivity contribution in [3.05, 3.63) is 101 Å². The van der Waals surface area contributed by atoms with Crippen molar-refractivity contribution in [3.8, 4) is 22.9 Å². The van der Waals surface area contributed by atoms with Gasteiger partial charge in [0.25, 0.3) is 5.89 Å². The number of allylic oxidation sites excluding steroid dienone is 1. The molecule has 0 radical (unpaired) electrons. The molecule has 3 aromatic carbocycles. The Hall–Kier alpha value is -4.17. The molecule has 1 aliphatic rings. The maximum atomic E-state index is 10.5. The van der Waals surface area contributed by atoms with Crippen LogP contribution in [0.1, 0.15) is 35.5 Å². The summed E-state index contributed by atoms with van der Waals surface area (Å²) in [6.45, 7) is 4.62. The SMILES string of the molecule is COc1ccc(C2NC(=S)N(Cc3ccccc3)C(C)=C2c2nc(-c3ccc(C)cc3)no2)cc1O. The Morgan fingerprint density at radius 2 is 1.81 bits per heavy atom. The third-order valence-corrected chi connectivity index (χ3v) is 6.62. The Labute approximate surface area is 215 Å². The van der Waals surface area contributed by atoms with Crippen molar-refractivity contribution < 1.29 is 14.4 Å². The first-order valence-corrected chi connectivity index (χ1v) is 12.0. The van der Waals surface area contributed by atoms with Crippen LogP contribution in [-0.4, -0.2) is 32.4 Å². The lowest BCUT2D eigenvalue weighted by Crippen LogP contribution is -2.45. The van der Waals surface area contributed by atoms with E-state index in [1.54, 1.807) is 12.1 Å². The van der Waals surface area contributed by atoms with Crippen molar-refractivity contribution in [2.45, 2.75) is 26.4 Å². The molecule has 8 heteroatoms. The van der Waals surface area contributed by atoms with Crippen LogP contribution in [0.2, 0.25) is 0 Å². The first-order valence-electron chi connectivity index (χ1n) is 11.6. The van der Waals surface area contributed by atoms with E-state index in [0.717, 1.165) is 33.5 Å². The van der Waals surface area contributed by atoms with Gasteiger partial charge in [0.1, 0.15) is 0 Å². The summed E-state index contributed by atoms with van der Waals surface area (Å²) in [4.78, 5) is 6.77. The highest BCUT2D eigenvalue weighted by Crippen LogP contribution is 2.40. The van der Waals surface area contributed by atoms with Crippen molar-refractivity contribution in [2.24, 2.45) is 0 Å². The molecular weight excluding hydrogens is 472 g/mol. The summed E-state index contributed by atoms with van der Waals surface area (Å²) in [5.41, 5.74) is 5.61. The van der Waals surface area contributed by atoms with Gasteiger partial charge in [-0.25, -0.2) is 0 Å². The van der Waals surface area contributed by atoms with E-state index in [4.69, 9.17) is 26.5 Å². The van der Waals surface area contributed by atoms with Gasteiger partial charge in [0, 0.05) is 17.8 Å². The normalized spacial score (nSPS) is 15.7. The molecule has 182 valence electrons. The second-order valence-electron chi connectivity index (χ2n) is 8.67. The van der Waals surface area contributed by atoms with E-state index >= 15 is 0 Å². The predicted molar refractivity (Wildman–Crippen MR) is 142 cm³/mol. The number of hydrogen-bond donors (Lipinski definition) is 2. The molecule has 4 aromatic rings. The molecule has 7 nitrogen and oxygen atoms in total. The molecule has 2 heterocycles. The molecule has 1 unspecified atom stereocenters. The van der Waals surface area contributed by atoms with Crippen LogP contribution >= 0.6 is 12.2 Å². The molecular formula is C28H26N4O3S. The van der Waals surface area contributed by atoms with Gasteiger partial charge in [-0.15, -0.1) is 0 Å². The number of hydrogen-bond acceptors (Lipinski definition) is 6. The van der Waals surface area contributed by atoms with Gasteiger partial charge in [0.15, 0.2) is 16.6 Å². The minimum atomic E-state index is -0.410. The van der Waals surface area contributed by atoms with Gasteiger partial charge in [0.2, 0.25) is 5.82 Å². The molecule has 1 aliphatic heterocycles. The van der Waals surface area contributed by atoms with Gasteiger partial charge >= 0.3 is 0 Å². The van der Waals surface area contributed by atoms with Gasteiger partial charge < -0.3 is 24.6 Å². The largest absolute Gasteiger partial charge is 0.504 e. The number of benzene rings is 3. The van der Waals surface area contributed by atoms with Gasteiger partial charge in [0.05, 0.1) is 18.7 Å². The average Bonchev–Trinajstić information content (AvgIpc) is 3.37. The maximum absolute atomic E-state index is 10.5. The van der Waals surface area contributed by atoms with Gasteiger partial charge in [-0.05, 0) is 49.3 Å². The second-order valence-corrected chi connectivity index (χ2v) is 9.06. The average molecular weight is 499 g/mol. The number of nitrogens with one attached hydrogen (secondary N) is 1. The van der Waals surface area contributed by atoms with Crippen LogP contribution in [0, 0.1) is 6.92 Å². The molecule has 0 amide bonds. The molecule has 0 aliphatic carbocycles. The summed E-state index contributed by atoms with van der Waals surface area (Å²) in [5.74, 6) is 1.32. The number of aromatic hydroxyl groups is 1. The number of aryl methyl sites for hydroxylation is 1. The lowest BCUT2D eigenvalue weighted by Gasteiger charge is -2.37. The summed E-state index contributed by atoms with van der Waals surface area (Å²) in [7, 11) is 1.52. The van der Waals surface area contributed by atoms with Crippen LogP contribution in [0.25, 0.3) is 17.0 Å². The number of rotatable bonds is 6. The van der Waals surface area contributed by atoms with Crippen LogP contribution in [0.4, 0.5) is 0 Å². The lowest BCUT2D eigenvalue weighted by atomic mass is 9.94. The van der Waals surface area contributed by atoms with E-state index in [-0.39, 0.29) is 5.75 Å². The quantitative estimate of drug-likeness (QED) is 0.331. The minimum absolute atomic E-state index is 0.0392. The number of phenolic OH excluding ortho intramolecular Hbond substituents is 1. The molecule has 0 spiro atoms. The Balaban J connectivity index is 1.60. The minimum Gasteiger partial charge on any atom is -0.504 e. The van der Waals surface area contributed by atoms with Crippen molar-refractivity contribution in [3.63, 3.8) is 0 Å². The fraction of sp³-hybridized carbons (Fsp3) is 0.179. The molecule has 5 rings (SSSR count). The fourth-order valence-electron chi connectivity index (χ4n) is 4.30. The van der Waals surface area contributed by atoms with Crippen LogP contribution < -0.4 is 10.1 Å². The van der Waals surface area contributed by atoms with Crippen LogP contribution in [0.15, 0.2) is 83.0 Å². The monoisotopic (exact) mass is 498 g/mol. The summed E-state index contributed by atoms with van der Waals surface area (Å²) in [5, 5.41) is 18.7. The summed E-state index contributed by atoms with van der Waals surface area (Å²) in [6, 6.07) is 23.0.